The monoisotopic (exact) mass is 440 g/mol. The summed E-state index contributed by atoms with van der Waals surface area (Å²) in [4.78, 5) is 28.2. The number of amides is 2. The molecule has 1 heterocycles. The zero-order valence-corrected chi connectivity index (χ0v) is 18.8. The lowest BCUT2D eigenvalue weighted by Gasteiger charge is -2.36. The van der Waals surface area contributed by atoms with Gasteiger partial charge >= 0.3 is 0 Å². The fraction of sp³-hybridized carbons (Fsp3) is 0.286. The molecular weight excluding hydrogens is 412 g/mol. The average Bonchev–Trinajstić information content (AvgIpc) is 3.00. The first kappa shape index (κ1) is 21.3. The molecule has 0 aromatic heterocycles. The summed E-state index contributed by atoms with van der Waals surface area (Å²) < 4.78 is 6.17. The van der Waals surface area contributed by atoms with Crippen molar-refractivity contribution < 1.29 is 14.3 Å². The summed E-state index contributed by atoms with van der Waals surface area (Å²) >= 11 is 0. The number of hydrogen-bond acceptors (Lipinski definition) is 3. The molecule has 2 aliphatic rings. The average molecular weight is 441 g/mol. The van der Waals surface area contributed by atoms with Gasteiger partial charge in [0, 0.05) is 16.8 Å². The third kappa shape index (κ3) is 4.23. The Hall–Kier alpha value is -3.60. The van der Waals surface area contributed by atoms with Gasteiger partial charge in [-0.15, -0.1) is 0 Å². The number of nitrogens with zero attached hydrogens (tertiary/aromatic N) is 1. The van der Waals surface area contributed by atoms with Crippen molar-refractivity contribution in [3.8, 4) is 5.75 Å². The standard InChI is InChI=1S/C28H28N2O3/c1-2-25-28(32)30(24-14-8-12-19-9-6-7-13-23(19)24)18-21-17-22(15-16-26(21)33-25)29-27(31)20-10-4-3-5-11-20/h3-7,9-11,13,15-17,24-25H,2,8,12,14,18H2,1H3,(H,29,31)/t24-,25+/m0/s1. The number of carbonyl (C=O) groups excluding carboxylic acids is 2. The fourth-order valence-electron chi connectivity index (χ4n) is 4.91. The molecule has 1 aliphatic carbocycles. The molecule has 168 valence electrons. The van der Waals surface area contributed by atoms with Gasteiger partial charge in [-0.05, 0) is 67.1 Å². The molecule has 5 nitrogen and oxygen atoms in total. The van der Waals surface area contributed by atoms with E-state index in [4.69, 9.17) is 4.74 Å². The van der Waals surface area contributed by atoms with Crippen molar-refractivity contribution in [2.75, 3.05) is 5.32 Å². The zero-order chi connectivity index (χ0) is 22.8. The second-order valence-corrected chi connectivity index (χ2v) is 8.73. The molecule has 0 fully saturated rings. The second-order valence-electron chi connectivity index (χ2n) is 8.73. The van der Waals surface area contributed by atoms with E-state index >= 15 is 0 Å². The third-order valence-electron chi connectivity index (χ3n) is 6.61. The lowest BCUT2D eigenvalue weighted by Crippen LogP contribution is -2.42. The van der Waals surface area contributed by atoms with Crippen LogP contribution in [0.3, 0.4) is 0 Å². The molecule has 0 saturated heterocycles. The topological polar surface area (TPSA) is 58.6 Å². The maximum Gasteiger partial charge on any atom is 0.264 e. The molecule has 5 heteroatoms. The van der Waals surface area contributed by atoms with Crippen LogP contribution >= 0.6 is 0 Å². The number of aryl methyl sites for hydroxylation is 1. The Labute approximate surface area is 194 Å². The van der Waals surface area contributed by atoms with Crippen LogP contribution in [0, 0.1) is 0 Å². The number of benzene rings is 3. The Balaban J connectivity index is 1.47. The minimum atomic E-state index is -0.509. The Morgan fingerprint density at radius 1 is 1.03 bits per heavy atom. The van der Waals surface area contributed by atoms with Gasteiger partial charge in [0.25, 0.3) is 11.8 Å². The van der Waals surface area contributed by atoms with Crippen molar-refractivity contribution in [2.45, 2.75) is 51.3 Å². The number of ether oxygens (including phenoxy) is 1. The lowest BCUT2D eigenvalue weighted by atomic mass is 9.86. The summed E-state index contributed by atoms with van der Waals surface area (Å²) in [6.07, 6.45) is 3.15. The minimum absolute atomic E-state index is 0.0327. The first-order chi connectivity index (χ1) is 16.1. The highest BCUT2D eigenvalue weighted by Crippen LogP contribution is 2.39. The molecule has 3 aromatic carbocycles. The van der Waals surface area contributed by atoms with E-state index < -0.39 is 6.10 Å². The van der Waals surface area contributed by atoms with Crippen molar-refractivity contribution >= 4 is 17.5 Å². The Bertz CT molecular complexity index is 1170. The van der Waals surface area contributed by atoms with Gasteiger partial charge in [-0.3, -0.25) is 9.59 Å². The van der Waals surface area contributed by atoms with Crippen LogP contribution < -0.4 is 10.1 Å². The van der Waals surface area contributed by atoms with Gasteiger partial charge in [-0.1, -0.05) is 49.4 Å². The van der Waals surface area contributed by atoms with E-state index in [1.165, 1.54) is 11.1 Å². The number of rotatable bonds is 4. The predicted molar refractivity (Wildman–Crippen MR) is 128 cm³/mol. The molecule has 0 radical (unpaired) electrons. The van der Waals surface area contributed by atoms with Gasteiger partial charge in [0.2, 0.25) is 0 Å². The Morgan fingerprint density at radius 3 is 2.64 bits per heavy atom. The first-order valence-electron chi connectivity index (χ1n) is 11.7. The molecule has 5 rings (SSSR count). The van der Waals surface area contributed by atoms with Crippen LogP contribution in [-0.2, 0) is 17.8 Å². The maximum absolute atomic E-state index is 13.5. The smallest absolute Gasteiger partial charge is 0.264 e. The maximum atomic E-state index is 13.5. The molecule has 0 unspecified atom stereocenters. The van der Waals surface area contributed by atoms with Gasteiger partial charge < -0.3 is 15.0 Å². The Kier molecular flexibility index (Phi) is 5.86. The van der Waals surface area contributed by atoms with E-state index in [2.05, 4.69) is 29.6 Å². The van der Waals surface area contributed by atoms with Gasteiger partial charge in [0.15, 0.2) is 6.10 Å². The molecule has 2 atom stereocenters. The van der Waals surface area contributed by atoms with Gasteiger partial charge in [0.1, 0.15) is 5.75 Å². The SMILES string of the molecule is CC[C@H]1Oc2ccc(NC(=O)c3ccccc3)cc2CN([C@H]2CCCc3ccccc32)C1=O. The van der Waals surface area contributed by atoms with Crippen molar-refractivity contribution in [1.82, 2.24) is 4.90 Å². The van der Waals surface area contributed by atoms with Gasteiger partial charge in [0.05, 0.1) is 12.6 Å². The molecule has 0 saturated carbocycles. The van der Waals surface area contributed by atoms with Crippen LogP contribution in [0.5, 0.6) is 5.75 Å². The van der Waals surface area contributed by atoms with Gasteiger partial charge in [-0.25, -0.2) is 0 Å². The number of hydrogen-bond donors (Lipinski definition) is 1. The largest absolute Gasteiger partial charge is 0.480 e. The summed E-state index contributed by atoms with van der Waals surface area (Å²) in [6, 6.07) is 23.3. The van der Waals surface area contributed by atoms with Crippen LogP contribution in [0.2, 0.25) is 0 Å². The highest BCUT2D eigenvalue weighted by molar-refractivity contribution is 6.04. The van der Waals surface area contributed by atoms with Crippen molar-refractivity contribution in [3.05, 3.63) is 95.1 Å². The van der Waals surface area contributed by atoms with Crippen molar-refractivity contribution in [1.29, 1.82) is 0 Å². The normalized spacial score (nSPS) is 19.7. The molecular formula is C28H28N2O3. The van der Waals surface area contributed by atoms with Crippen LogP contribution in [-0.4, -0.2) is 22.8 Å². The Morgan fingerprint density at radius 2 is 1.82 bits per heavy atom. The van der Waals surface area contributed by atoms with E-state index in [1.54, 1.807) is 12.1 Å². The van der Waals surface area contributed by atoms with E-state index in [0.717, 1.165) is 24.8 Å². The van der Waals surface area contributed by atoms with Crippen molar-refractivity contribution in [2.24, 2.45) is 0 Å². The van der Waals surface area contributed by atoms with E-state index in [9.17, 15) is 9.59 Å². The minimum Gasteiger partial charge on any atom is -0.480 e. The molecule has 33 heavy (non-hydrogen) atoms. The summed E-state index contributed by atoms with van der Waals surface area (Å²) in [5, 5.41) is 2.98. The van der Waals surface area contributed by atoms with Crippen LogP contribution in [0.4, 0.5) is 5.69 Å². The van der Waals surface area contributed by atoms with E-state index in [0.29, 0.717) is 30.0 Å². The van der Waals surface area contributed by atoms with Crippen molar-refractivity contribution in [3.63, 3.8) is 0 Å². The number of anilines is 1. The molecule has 1 aliphatic heterocycles. The first-order valence-corrected chi connectivity index (χ1v) is 11.7. The van der Waals surface area contributed by atoms with Crippen LogP contribution in [0.15, 0.2) is 72.8 Å². The molecule has 3 aromatic rings. The molecule has 0 spiro atoms. The second kappa shape index (κ2) is 9.10. The quantitative estimate of drug-likeness (QED) is 0.581. The summed E-state index contributed by atoms with van der Waals surface area (Å²) in [5.41, 5.74) is 4.77. The van der Waals surface area contributed by atoms with Gasteiger partial charge in [-0.2, -0.15) is 0 Å². The van der Waals surface area contributed by atoms with Crippen LogP contribution in [0.1, 0.15) is 59.3 Å². The highest BCUT2D eigenvalue weighted by Gasteiger charge is 2.36. The zero-order valence-electron chi connectivity index (χ0n) is 18.8. The highest BCUT2D eigenvalue weighted by atomic mass is 16.5. The number of carbonyl (C=O) groups is 2. The summed E-state index contributed by atoms with van der Waals surface area (Å²) in [6.45, 7) is 2.44. The predicted octanol–water partition coefficient (Wildman–Crippen LogP) is 5.52. The molecule has 0 bridgehead atoms. The summed E-state index contributed by atoms with van der Waals surface area (Å²) in [5.74, 6) is 0.579. The molecule has 1 N–H and O–H groups in total. The van der Waals surface area contributed by atoms with E-state index in [1.807, 2.05) is 48.2 Å². The molecule has 2 amide bonds. The number of fused-ring (bicyclic) bond motifs is 2. The third-order valence-corrected chi connectivity index (χ3v) is 6.61. The van der Waals surface area contributed by atoms with Crippen LogP contribution in [0.25, 0.3) is 0 Å². The lowest BCUT2D eigenvalue weighted by molar-refractivity contribution is -0.141. The number of nitrogens with one attached hydrogen (secondary N) is 1. The fourth-order valence-corrected chi connectivity index (χ4v) is 4.91. The summed E-state index contributed by atoms with van der Waals surface area (Å²) in [7, 11) is 0. The van der Waals surface area contributed by atoms with E-state index in [-0.39, 0.29) is 17.9 Å².